The fourth-order valence-electron chi connectivity index (χ4n) is 0.936. The van der Waals surface area contributed by atoms with Crippen LogP contribution >= 0.6 is 23.2 Å². The third kappa shape index (κ3) is 3.70. The van der Waals surface area contributed by atoms with Crippen LogP contribution in [0.25, 0.3) is 0 Å². The maximum atomic E-state index is 11.4. The summed E-state index contributed by atoms with van der Waals surface area (Å²) in [6.45, 7) is 0.185. The van der Waals surface area contributed by atoms with Crippen molar-refractivity contribution in [3.8, 4) is 0 Å². The highest BCUT2D eigenvalue weighted by Crippen LogP contribution is 2.22. The fraction of sp³-hybridized carbons (Fsp3) is 0.300. The smallest absolute Gasteiger partial charge is 0.338 e. The molecule has 0 fully saturated rings. The largest absolute Gasteiger partial charge is 0.462 e. The number of carbonyl (C=O) groups is 1. The Kier molecular flexibility index (Phi) is 4.88. The Bertz CT molecular complexity index is 353. The lowest BCUT2D eigenvalue weighted by Crippen LogP contribution is -2.07. The summed E-state index contributed by atoms with van der Waals surface area (Å²) >= 11 is 11.4. The number of benzene rings is 1. The van der Waals surface area contributed by atoms with Crippen LogP contribution in [0.2, 0.25) is 10.0 Å². The van der Waals surface area contributed by atoms with Gasteiger partial charge in [-0.2, -0.15) is 0 Å². The molecule has 15 heavy (non-hydrogen) atoms. The van der Waals surface area contributed by atoms with Crippen LogP contribution in [0.4, 0.5) is 0 Å². The summed E-state index contributed by atoms with van der Waals surface area (Å²) in [7, 11) is 0. The van der Waals surface area contributed by atoms with E-state index in [1.165, 1.54) is 18.2 Å². The van der Waals surface area contributed by atoms with Crippen molar-refractivity contribution in [1.82, 2.24) is 0 Å². The minimum absolute atomic E-state index is 0.00530. The zero-order valence-corrected chi connectivity index (χ0v) is 9.38. The number of aliphatic hydroxyl groups excluding tert-OH is 1. The zero-order valence-electron chi connectivity index (χ0n) is 7.87. The van der Waals surface area contributed by atoms with Crippen molar-refractivity contribution in [2.24, 2.45) is 0 Å². The molecule has 0 saturated carbocycles. The van der Waals surface area contributed by atoms with Crippen LogP contribution in [0.15, 0.2) is 18.2 Å². The lowest BCUT2D eigenvalue weighted by molar-refractivity contribution is 0.0482. The summed E-state index contributed by atoms with van der Waals surface area (Å²) in [6, 6.07) is 4.52. The van der Waals surface area contributed by atoms with Gasteiger partial charge in [-0.1, -0.05) is 23.2 Å². The Labute approximate surface area is 97.6 Å². The predicted octanol–water partition coefficient (Wildman–Crippen LogP) is 2.53. The Morgan fingerprint density at radius 1 is 1.33 bits per heavy atom. The third-order valence-electron chi connectivity index (χ3n) is 1.69. The standard InChI is InChI=1S/C10H10Cl2O3/c11-8-3-2-7(6-9(8)12)10(14)15-5-1-4-13/h2-3,6,13H,1,4-5H2. The van der Waals surface area contributed by atoms with Gasteiger partial charge in [0.25, 0.3) is 0 Å². The van der Waals surface area contributed by atoms with Crippen LogP contribution in [0.1, 0.15) is 16.8 Å². The van der Waals surface area contributed by atoms with E-state index >= 15 is 0 Å². The molecule has 82 valence electrons. The highest BCUT2D eigenvalue weighted by molar-refractivity contribution is 6.42. The second-order valence-electron chi connectivity index (χ2n) is 2.84. The highest BCUT2D eigenvalue weighted by Gasteiger charge is 2.08. The number of aliphatic hydroxyl groups is 1. The van der Waals surface area contributed by atoms with Crippen molar-refractivity contribution in [1.29, 1.82) is 0 Å². The molecule has 0 heterocycles. The van der Waals surface area contributed by atoms with Gasteiger partial charge >= 0.3 is 5.97 Å². The van der Waals surface area contributed by atoms with Crippen LogP contribution in [-0.2, 0) is 4.74 Å². The minimum atomic E-state index is -0.470. The third-order valence-corrected chi connectivity index (χ3v) is 2.43. The van der Waals surface area contributed by atoms with Crippen molar-refractivity contribution in [3.05, 3.63) is 33.8 Å². The van der Waals surface area contributed by atoms with E-state index in [4.69, 9.17) is 33.0 Å². The molecule has 0 spiro atoms. The minimum Gasteiger partial charge on any atom is -0.462 e. The average Bonchev–Trinajstić information content (AvgIpc) is 2.22. The van der Waals surface area contributed by atoms with Crippen molar-refractivity contribution in [3.63, 3.8) is 0 Å². The molecule has 0 unspecified atom stereocenters. The summed E-state index contributed by atoms with van der Waals surface area (Å²) in [5.41, 5.74) is 0.349. The molecule has 1 rings (SSSR count). The molecule has 0 aliphatic heterocycles. The molecular formula is C10H10Cl2O3. The normalized spacial score (nSPS) is 10.1. The Morgan fingerprint density at radius 2 is 2.07 bits per heavy atom. The molecular weight excluding hydrogens is 239 g/mol. The van der Waals surface area contributed by atoms with Gasteiger partial charge in [0.15, 0.2) is 0 Å². The molecule has 0 aromatic heterocycles. The van der Waals surface area contributed by atoms with E-state index in [1.54, 1.807) is 0 Å². The number of esters is 1. The molecule has 1 N–H and O–H groups in total. The van der Waals surface area contributed by atoms with Gasteiger partial charge in [-0.3, -0.25) is 0 Å². The maximum Gasteiger partial charge on any atom is 0.338 e. The second kappa shape index (κ2) is 5.95. The number of ether oxygens (including phenoxy) is 1. The van der Waals surface area contributed by atoms with Gasteiger partial charge in [0, 0.05) is 13.0 Å². The molecule has 0 aliphatic rings. The molecule has 0 saturated heterocycles. The van der Waals surface area contributed by atoms with E-state index in [9.17, 15) is 4.79 Å². The monoisotopic (exact) mass is 248 g/mol. The van der Waals surface area contributed by atoms with Crippen LogP contribution in [0, 0.1) is 0 Å². The molecule has 0 atom stereocenters. The van der Waals surface area contributed by atoms with Gasteiger partial charge in [0.1, 0.15) is 0 Å². The molecule has 3 nitrogen and oxygen atoms in total. The van der Waals surface area contributed by atoms with Gasteiger partial charge in [0.05, 0.1) is 22.2 Å². The molecule has 5 heteroatoms. The average molecular weight is 249 g/mol. The zero-order chi connectivity index (χ0) is 11.3. The number of halogens is 2. The first-order valence-corrected chi connectivity index (χ1v) is 5.14. The lowest BCUT2D eigenvalue weighted by Gasteiger charge is -2.04. The van der Waals surface area contributed by atoms with E-state index in [0.29, 0.717) is 22.0 Å². The van der Waals surface area contributed by atoms with E-state index < -0.39 is 5.97 Å². The SMILES string of the molecule is O=C(OCCCO)c1ccc(Cl)c(Cl)c1. The maximum absolute atomic E-state index is 11.4. The molecule has 1 aromatic rings. The molecule has 0 radical (unpaired) electrons. The first-order valence-electron chi connectivity index (χ1n) is 4.38. The van der Waals surface area contributed by atoms with Gasteiger partial charge in [0.2, 0.25) is 0 Å². The number of rotatable bonds is 4. The van der Waals surface area contributed by atoms with Crippen LogP contribution < -0.4 is 0 Å². The summed E-state index contributed by atoms with van der Waals surface area (Å²) in [5.74, 6) is -0.470. The summed E-state index contributed by atoms with van der Waals surface area (Å²) in [4.78, 5) is 11.4. The van der Waals surface area contributed by atoms with E-state index in [0.717, 1.165) is 0 Å². The molecule has 0 bridgehead atoms. The van der Waals surface area contributed by atoms with Crippen LogP contribution in [-0.4, -0.2) is 24.3 Å². The Hall–Kier alpha value is -0.770. The topological polar surface area (TPSA) is 46.5 Å². The van der Waals surface area contributed by atoms with Gasteiger partial charge in [-0.05, 0) is 18.2 Å². The Balaban J connectivity index is 2.62. The van der Waals surface area contributed by atoms with E-state index in [1.807, 2.05) is 0 Å². The first kappa shape index (κ1) is 12.3. The quantitative estimate of drug-likeness (QED) is 0.658. The van der Waals surface area contributed by atoms with Crippen LogP contribution in [0.3, 0.4) is 0 Å². The van der Waals surface area contributed by atoms with Crippen LogP contribution in [0.5, 0.6) is 0 Å². The van der Waals surface area contributed by atoms with Crippen molar-refractivity contribution in [2.45, 2.75) is 6.42 Å². The second-order valence-corrected chi connectivity index (χ2v) is 3.66. The Morgan fingerprint density at radius 3 is 2.67 bits per heavy atom. The van der Waals surface area contributed by atoms with Crippen molar-refractivity contribution < 1.29 is 14.6 Å². The number of hydrogen-bond acceptors (Lipinski definition) is 3. The van der Waals surface area contributed by atoms with Gasteiger partial charge in [-0.25, -0.2) is 4.79 Å². The van der Waals surface area contributed by atoms with E-state index in [2.05, 4.69) is 0 Å². The highest BCUT2D eigenvalue weighted by atomic mass is 35.5. The summed E-state index contributed by atoms with van der Waals surface area (Å²) < 4.78 is 4.86. The van der Waals surface area contributed by atoms with Crippen molar-refractivity contribution in [2.75, 3.05) is 13.2 Å². The summed E-state index contributed by atoms with van der Waals surface area (Å²) in [5, 5.41) is 9.21. The number of carbonyl (C=O) groups excluding carboxylic acids is 1. The molecule has 0 aliphatic carbocycles. The van der Waals surface area contributed by atoms with E-state index in [-0.39, 0.29) is 13.2 Å². The molecule has 1 aromatic carbocycles. The fourth-order valence-corrected chi connectivity index (χ4v) is 1.23. The van der Waals surface area contributed by atoms with Crippen molar-refractivity contribution >= 4 is 29.2 Å². The van der Waals surface area contributed by atoms with Gasteiger partial charge in [-0.15, -0.1) is 0 Å². The van der Waals surface area contributed by atoms with Gasteiger partial charge < -0.3 is 9.84 Å². The first-order chi connectivity index (χ1) is 7.15. The summed E-state index contributed by atoms with van der Waals surface area (Å²) in [6.07, 6.45) is 0.424. The lowest BCUT2D eigenvalue weighted by atomic mass is 10.2. The number of hydrogen-bond donors (Lipinski definition) is 1. The predicted molar refractivity (Wildman–Crippen MR) is 58.4 cm³/mol. The molecule has 0 amide bonds.